The second-order valence-electron chi connectivity index (χ2n) is 5.06. The Hall–Kier alpha value is -1.82. The van der Waals surface area contributed by atoms with Crippen molar-refractivity contribution < 1.29 is 0 Å². The Morgan fingerprint density at radius 2 is 1.61 bits per heavy atom. The molecule has 0 bridgehead atoms. The van der Waals surface area contributed by atoms with Crippen LogP contribution in [0.15, 0.2) is 42.5 Å². The zero-order valence-corrected chi connectivity index (χ0v) is 11.6. The minimum atomic E-state index is 1.30. The van der Waals surface area contributed by atoms with E-state index in [2.05, 4.69) is 76.2 Å². The number of hydrogen-bond acceptors (Lipinski definition) is 0. The summed E-state index contributed by atoms with van der Waals surface area (Å²) < 4.78 is 0. The summed E-state index contributed by atoms with van der Waals surface area (Å²) in [4.78, 5) is 0. The fourth-order valence-electron chi connectivity index (χ4n) is 2.12. The average molecular weight is 236 g/mol. The van der Waals surface area contributed by atoms with E-state index >= 15 is 0 Å². The molecule has 0 spiro atoms. The van der Waals surface area contributed by atoms with Gasteiger partial charge in [-0.2, -0.15) is 0 Å². The molecular formula is C18H20. The standard InChI is InChI=1S/C18H20/c1-13-6-5-7-17(10-13)16(4)12-18-11-14(2)8-9-15(18)3/h5-12H,1-4H3/b16-12+. The highest BCUT2D eigenvalue weighted by Crippen LogP contribution is 2.21. The smallest absolute Gasteiger partial charge is 0.0222 e. The van der Waals surface area contributed by atoms with E-state index in [4.69, 9.17) is 0 Å². The van der Waals surface area contributed by atoms with Gasteiger partial charge in [0.2, 0.25) is 0 Å². The number of aryl methyl sites for hydroxylation is 3. The third-order valence-corrected chi connectivity index (χ3v) is 3.28. The van der Waals surface area contributed by atoms with Crippen LogP contribution in [0.25, 0.3) is 11.6 Å². The molecule has 2 aromatic rings. The summed E-state index contributed by atoms with van der Waals surface area (Å²) in [6.45, 7) is 8.61. The quantitative estimate of drug-likeness (QED) is 0.631. The summed E-state index contributed by atoms with van der Waals surface area (Å²) in [5, 5.41) is 0. The highest BCUT2D eigenvalue weighted by molar-refractivity contribution is 5.81. The van der Waals surface area contributed by atoms with Crippen molar-refractivity contribution in [3.63, 3.8) is 0 Å². The SMILES string of the molecule is C/C(=C\c1cc(C)ccc1C)c1cccc(C)c1. The van der Waals surface area contributed by atoms with E-state index in [0.717, 1.165) is 0 Å². The Morgan fingerprint density at radius 1 is 0.889 bits per heavy atom. The lowest BCUT2D eigenvalue weighted by molar-refractivity contribution is 1.37. The van der Waals surface area contributed by atoms with Crippen LogP contribution in [0, 0.1) is 20.8 Å². The van der Waals surface area contributed by atoms with Crippen LogP contribution in [0.2, 0.25) is 0 Å². The van der Waals surface area contributed by atoms with E-state index in [0.29, 0.717) is 0 Å². The second kappa shape index (κ2) is 5.22. The van der Waals surface area contributed by atoms with Crippen LogP contribution >= 0.6 is 0 Å². The molecule has 0 aromatic heterocycles. The van der Waals surface area contributed by atoms with Crippen molar-refractivity contribution in [1.82, 2.24) is 0 Å². The molecule has 0 heteroatoms. The van der Waals surface area contributed by atoms with Crippen LogP contribution in [0.4, 0.5) is 0 Å². The fourth-order valence-corrected chi connectivity index (χ4v) is 2.12. The lowest BCUT2D eigenvalue weighted by atomic mass is 9.99. The molecule has 2 rings (SSSR count). The van der Waals surface area contributed by atoms with Gasteiger partial charge >= 0.3 is 0 Å². The van der Waals surface area contributed by atoms with Gasteiger partial charge in [-0.1, -0.05) is 59.7 Å². The molecule has 0 N–H and O–H groups in total. The van der Waals surface area contributed by atoms with E-state index < -0.39 is 0 Å². The van der Waals surface area contributed by atoms with Gasteiger partial charge in [0.15, 0.2) is 0 Å². The topological polar surface area (TPSA) is 0 Å². The lowest BCUT2D eigenvalue weighted by Crippen LogP contribution is -1.85. The molecule has 0 aliphatic heterocycles. The number of allylic oxidation sites excluding steroid dienone is 1. The molecule has 0 radical (unpaired) electrons. The molecule has 0 aliphatic carbocycles. The normalized spacial score (nSPS) is 11.7. The van der Waals surface area contributed by atoms with Crippen LogP contribution in [-0.4, -0.2) is 0 Å². The summed E-state index contributed by atoms with van der Waals surface area (Å²) in [6, 6.07) is 15.2. The molecule has 0 atom stereocenters. The second-order valence-corrected chi connectivity index (χ2v) is 5.06. The van der Waals surface area contributed by atoms with Crippen LogP contribution in [0.1, 0.15) is 34.7 Å². The Morgan fingerprint density at radius 3 is 2.33 bits per heavy atom. The maximum absolute atomic E-state index is 2.27. The van der Waals surface area contributed by atoms with Crippen LogP contribution in [0.3, 0.4) is 0 Å². The molecule has 18 heavy (non-hydrogen) atoms. The van der Waals surface area contributed by atoms with E-state index in [9.17, 15) is 0 Å². The minimum Gasteiger partial charge on any atom is -0.0614 e. The first-order valence-corrected chi connectivity index (χ1v) is 6.39. The van der Waals surface area contributed by atoms with Crippen LogP contribution in [0.5, 0.6) is 0 Å². The molecular weight excluding hydrogens is 216 g/mol. The highest BCUT2D eigenvalue weighted by Gasteiger charge is 1.99. The third-order valence-electron chi connectivity index (χ3n) is 3.28. The summed E-state index contributed by atoms with van der Waals surface area (Å²) in [6.07, 6.45) is 2.27. The van der Waals surface area contributed by atoms with Gasteiger partial charge in [0.25, 0.3) is 0 Å². The zero-order chi connectivity index (χ0) is 13.1. The van der Waals surface area contributed by atoms with Crippen molar-refractivity contribution in [1.29, 1.82) is 0 Å². The van der Waals surface area contributed by atoms with Crippen molar-refractivity contribution >= 4 is 11.6 Å². The Balaban J connectivity index is 2.41. The first kappa shape index (κ1) is 12.6. The number of hydrogen-bond donors (Lipinski definition) is 0. The van der Waals surface area contributed by atoms with E-state index in [1.807, 2.05) is 0 Å². The molecule has 0 heterocycles. The summed E-state index contributed by atoms with van der Waals surface area (Å²) in [7, 11) is 0. The first-order valence-electron chi connectivity index (χ1n) is 6.39. The molecule has 2 aromatic carbocycles. The van der Waals surface area contributed by atoms with Gasteiger partial charge in [-0.15, -0.1) is 0 Å². The van der Waals surface area contributed by atoms with Gasteiger partial charge in [-0.05, 0) is 50.0 Å². The van der Waals surface area contributed by atoms with Gasteiger partial charge < -0.3 is 0 Å². The third kappa shape index (κ3) is 2.89. The van der Waals surface area contributed by atoms with Crippen LogP contribution in [-0.2, 0) is 0 Å². The van der Waals surface area contributed by atoms with Gasteiger partial charge in [-0.25, -0.2) is 0 Å². The van der Waals surface area contributed by atoms with E-state index in [-0.39, 0.29) is 0 Å². The van der Waals surface area contributed by atoms with Gasteiger partial charge in [0, 0.05) is 0 Å². The highest BCUT2D eigenvalue weighted by atomic mass is 14.0. The van der Waals surface area contributed by atoms with Crippen molar-refractivity contribution in [3.8, 4) is 0 Å². The summed E-state index contributed by atoms with van der Waals surface area (Å²) in [5.74, 6) is 0. The van der Waals surface area contributed by atoms with E-state index in [1.165, 1.54) is 33.4 Å². The largest absolute Gasteiger partial charge is 0.0614 e. The molecule has 0 amide bonds. The summed E-state index contributed by atoms with van der Waals surface area (Å²) >= 11 is 0. The minimum absolute atomic E-state index is 1.30. The molecule has 0 saturated heterocycles. The number of benzene rings is 2. The van der Waals surface area contributed by atoms with Crippen molar-refractivity contribution in [2.75, 3.05) is 0 Å². The molecule has 0 fully saturated rings. The van der Waals surface area contributed by atoms with Gasteiger partial charge in [0.05, 0.1) is 0 Å². The zero-order valence-electron chi connectivity index (χ0n) is 11.6. The maximum Gasteiger partial charge on any atom is -0.0222 e. The Labute approximate surface area is 110 Å². The first-order chi connectivity index (χ1) is 8.56. The summed E-state index contributed by atoms with van der Waals surface area (Å²) in [5.41, 5.74) is 7.87. The molecule has 0 nitrogen and oxygen atoms in total. The number of rotatable bonds is 2. The molecule has 0 aliphatic rings. The van der Waals surface area contributed by atoms with Gasteiger partial charge in [0.1, 0.15) is 0 Å². The predicted molar refractivity (Wildman–Crippen MR) is 80.6 cm³/mol. The lowest BCUT2D eigenvalue weighted by Gasteiger charge is -2.06. The molecule has 0 unspecified atom stereocenters. The Kier molecular flexibility index (Phi) is 3.66. The van der Waals surface area contributed by atoms with Crippen molar-refractivity contribution in [2.45, 2.75) is 27.7 Å². The average Bonchev–Trinajstić information content (AvgIpc) is 2.34. The predicted octanol–water partition coefficient (Wildman–Crippen LogP) is 5.17. The maximum atomic E-state index is 2.27. The van der Waals surface area contributed by atoms with Crippen molar-refractivity contribution in [3.05, 3.63) is 70.3 Å². The van der Waals surface area contributed by atoms with Crippen molar-refractivity contribution in [2.24, 2.45) is 0 Å². The monoisotopic (exact) mass is 236 g/mol. The van der Waals surface area contributed by atoms with Crippen LogP contribution < -0.4 is 0 Å². The fraction of sp³-hybridized carbons (Fsp3) is 0.222. The molecule has 0 saturated carbocycles. The Bertz CT molecular complexity index is 589. The van der Waals surface area contributed by atoms with E-state index in [1.54, 1.807) is 0 Å². The molecule has 92 valence electrons. The van der Waals surface area contributed by atoms with Gasteiger partial charge in [-0.3, -0.25) is 0 Å².